The summed E-state index contributed by atoms with van der Waals surface area (Å²) in [6, 6.07) is -0.648. The van der Waals surface area contributed by atoms with Crippen molar-refractivity contribution in [3.05, 3.63) is 26.6 Å². The van der Waals surface area contributed by atoms with Crippen molar-refractivity contribution in [1.82, 2.24) is 14.5 Å². The number of nitrogens with zero attached hydrogens (tertiary/aromatic N) is 3. The number of rotatable bonds is 7. The Bertz CT molecular complexity index is 823. The van der Waals surface area contributed by atoms with Crippen molar-refractivity contribution in [2.24, 2.45) is 0 Å². The lowest BCUT2D eigenvalue weighted by molar-refractivity contribution is -0.148. The molecule has 2 aromatic rings. The molecule has 0 saturated heterocycles. The summed E-state index contributed by atoms with van der Waals surface area (Å²) in [6.45, 7) is 8.61. The van der Waals surface area contributed by atoms with E-state index in [1.54, 1.807) is 4.57 Å². The molecule has 0 aliphatic carbocycles. The molecule has 0 N–H and O–H groups in total. The molecule has 0 aliphatic rings. The van der Waals surface area contributed by atoms with Gasteiger partial charge in [0.05, 0.1) is 18.5 Å². The summed E-state index contributed by atoms with van der Waals surface area (Å²) in [4.78, 5) is 34.3. The lowest BCUT2D eigenvalue weighted by Gasteiger charge is -2.22. The van der Waals surface area contributed by atoms with Crippen LogP contribution in [0.25, 0.3) is 10.2 Å². The lowest BCUT2D eigenvalue weighted by Crippen LogP contribution is -2.35. The van der Waals surface area contributed by atoms with Crippen molar-refractivity contribution in [1.29, 1.82) is 0 Å². The number of carbonyl (C=O) groups is 1. The van der Waals surface area contributed by atoms with Crippen LogP contribution in [0.2, 0.25) is 0 Å². The molecule has 0 aromatic carbocycles. The van der Waals surface area contributed by atoms with Crippen LogP contribution < -0.4 is 5.56 Å². The Hall–Kier alpha value is -1.73. The maximum absolute atomic E-state index is 13.2. The monoisotopic (exact) mass is 365 g/mol. The van der Waals surface area contributed by atoms with Crippen LogP contribution in [-0.2, 0) is 16.1 Å². The summed E-state index contributed by atoms with van der Waals surface area (Å²) in [5.41, 5.74) is 0.795. The Morgan fingerprint density at radius 2 is 2.00 bits per heavy atom. The van der Waals surface area contributed by atoms with E-state index in [1.807, 2.05) is 46.7 Å². The van der Waals surface area contributed by atoms with Crippen LogP contribution >= 0.6 is 11.3 Å². The quantitative estimate of drug-likeness (QED) is 0.706. The van der Waals surface area contributed by atoms with Gasteiger partial charge in [0, 0.05) is 4.88 Å². The maximum atomic E-state index is 13.2. The van der Waals surface area contributed by atoms with Gasteiger partial charge in [0.15, 0.2) is 0 Å². The number of hydrogen-bond acceptors (Lipinski definition) is 6. The van der Waals surface area contributed by atoms with Gasteiger partial charge < -0.3 is 9.64 Å². The summed E-state index contributed by atoms with van der Waals surface area (Å²) >= 11 is 1.53. The third kappa shape index (κ3) is 3.93. The molecule has 1 unspecified atom stereocenters. The minimum absolute atomic E-state index is 0.149. The van der Waals surface area contributed by atoms with E-state index in [4.69, 9.17) is 9.72 Å². The molecule has 0 radical (unpaired) electrons. The van der Waals surface area contributed by atoms with Gasteiger partial charge in [0.1, 0.15) is 16.7 Å². The van der Waals surface area contributed by atoms with E-state index in [-0.39, 0.29) is 11.5 Å². The number of ether oxygens (including phenoxy) is 1. The summed E-state index contributed by atoms with van der Waals surface area (Å²) in [7, 11) is 3.84. The molecule has 138 valence electrons. The van der Waals surface area contributed by atoms with Gasteiger partial charge in [-0.25, -0.2) is 9.78 Å². The smallest absolute Gasteiger partial charge is 0.329 e. The molecule has 0 saturated carbocycles. The fourth-order valence-corrected chi connectivity index (χ4v) is 3.86. The average molecular weight is 365 g/mol. The van der Waals surface area contributed by atoms with Crippen molar-refractivity contribution in [2.45, 2.75) is 53.1 Å². The van der Waals surface area contributed by atoms with Crippen molar-refractivity contribution >= 4 is 27.5 Å². The molecule has 0 spiro atoms. The number of hydrogen-bond donors (Lipinski definition) is 0. The highest BCUT2D eigenvalue weighted by molar-refractivity contribution is 7.18. The highest BCUT2D eigenvalue weighted by Crippen LogP contribution is 2.27. The number of aryl methyl sites for hydroxylation is 2. The van der Waals surface area contributed by atoms with Crippen LogP contribution in [0.15, 0.2) is 4.79 Å². The first-order valence-electron chi connectivity index (χ1n) is 8.64. The second kappa shape index (κ2) is 8.10. The molecule has 0 amide bonds. The first-order valence-corrected chi connectivity index (χ1v) is 9.45. The number of aromatic nitrogens is 2. The van der Waals surface area contributed by atoms with Crippen LogP contribution in [0.5, 0.6) is 0 Å². The van der Waals surface area contributed by atoms with Crippen molar-refractivity contribution < 1.29 is 9.53 Å². The van der Waals surface area contributed by atoms with E-state index >= 15 is 0 Å². The van der Waals surface area contributed by atoms with Gasteiger partial charge in [-0.2, -0.15) is 0 Å². The molecular formula is C18H27N3O3S. The van der Waals surface area contributed by atoms with Gasteiger partial charge in [-0.3, -0.25) is 9.36 Å². The zero-order valence-electron chi connectivity index (χ0n) is 15.9. The molecule has 0 fully saturated rings. The fraction of sp³-hybridized carbons (Fsp3) is 0.611. The Morgan fingerprint density at radius 1 is 1.32 bits per heavy atom. The number of carbonyl (C=O) groups excluding carboxylic acids is 1. The molecule has 25 heavy (non-hydrogen) atoms. The first kappa shape index (κ1) is 19.6. The predicted octanol–water partition coefficient (Wildman–Crippen LogP) is 3.04. The van der Waals surface area contributed by atoms with Crippen LogP contribution in [0, 0.1) is 13.8 Å². The molecule has 0 aliphatic heterocycles. The summed E-state index contributed by atoms with van der Waals surface area (Å²) in [5, 5.41) is 0.617. The van der Waals surface area contributed by atoms with Gasteiger partial charge in [-0.15, -0.1) is 11.3 Å². The first-order chi connectivity index (χ1) is 11.8. The summed E-state index contributed by atoms with van der Waals surface area (Å²) in [6.07, 6.45) is 1.24. The van der Waals surface area contributed by atoms with Crippen LogP contribution in [-0.4, -0.2) is 41.1 Å². The molecule has 0 bridgehead atoms. The van der Waals surface area contributed by atoms with E-state index in [0.29, 0.717) is 30.8 Å². The number of fused-ring (bicyclic) bond motifs is 1. The SMILES string of the molecule is CCCOC(=O)C(CC)n1c(CN(C)C)nc2sc(C)c(C)c2c1=O. The Balaban J connectivity index is 2.69. The number of thiophene rings is 1. The van der Waals surface area contributed by atoms with Crippen LogP contribution in [0.1, 0.15) is 49.0 Å². The highest BCUT2D eigenvalue weighted by atomic mass is 32.1. The van der Waals surface area contributed by atoms with Gasteiger partial charge in [0.25, 0.3) is 5.56 Å². The van der Waals surface area contributed by atoms with Gasteiger partial charge in [-0.1, -0.05) is 13.8 Å². The van der Waals surface area contributed by atoms with Gasteiger partial charge >= 0.3 is 5.97 Å². The largest absolute Gasteiger partial charge is 0.464 e. The van der Waals surface area contributed by atoms with E-state index in [2.05, 4.69) is 0 Å². The molecule has 2 aromatic heterocycles. The van der Waals surface area contributed by atoms with Gasteiger partial charge in [-0.05, 0) is 46.3 Å². The zero-order chi connectivity index (χ0) is 18.7. The third-order valence-electron chi connectivity index (χ3n) is 4.18. The predicted molar refractivity (Wildman–Crippen MR) is 101 cm³/mol. The Labute approximate surface area is 152 Å². The van der Waals surface area contributed by atoms with E-state index < -0.39 is 6.04 Å². The Kier molecular flexibility index (Phi) is 6.35. The Morgan fingerprint density at radius 3 is 2.56 bits per heavy atom. The topological polar surface area (TPSA) is 64.4 Å². The van der Waals surface area contributed by atoms with Crippen molar-refractivity contribution in [2.75, 3.05) is 20.7 Å². The van der Waals surface area contributed by atoms with Gasteiger partial charge in [0.2, 0.25) is 0 Å². The standard InChI is InChI=1S/C18H27N3O3S/c1-7-9-24-18(23)13(8-2)21-14(10-20(5)6)19-16-15(17(21)22)11(3)12(4)25-16/h13H,7-10H2,1-6H3. The summed E-state index contributed by atoms with van der Waals surface area (Å²) in [5.74, 6) is 0.237. The second-order valence-electron chi connectivity index (χ2n) is 6.50. The number of esters is 1. The molecule has 2 rings (SSSR count). The van der Waals surface area contributed by atoms with Crippen LogP contribution in [0.4, 0.5) is 0 Å². The third-order valence-corrected chi connectivity index (χ3v) is 5.29. The molecule has 2 heterocycles. The summed E-state index contributed by atoms with van der Waals surface area (Å²) < 4.78 is 6.86. The van der Waals surface area contributed by atoms with E-state index in [0.717, 1.165) is 21.7 Å². The second-order valence-corrected chi connectivity index (χ2v) is 7.70. The fourth-order valence-electron chi connectivity index (χ4n) is 2.82. The maximum Gasteiger partial charge on any atom is 0.329 e. The normalized spacial score (nSPS) is 12.8. The molecule has 1 atom stereocenters. The average Bonchev–Trinajstić information content (AvgIpc) is 2.82. The molecule has 7 heteroatoms. The van der Waals surface area contributed by atoms with Crippen LogP contribution in [0.3, 0.4) is 0 Å². The van der Waals surface area contributed by atoms with E-state index in [9.17, 15) is 9.59 Å². The van der Waals surface area contributed by atoms with E-state index in [1.165, 1.54) is 11.3 Å². The zero-order valence-corrected chi connectivity index (χ0v) is 16.7. The van der Waals surface area contributed by atoms with Crippen molar-refractivity contribution in [3.63, 3.8) is 0 Å². The lowest BCUT2D eigenvalue weighted by atomic mass is 10.1. The minimum atomic E-state index is -0.648. The molecular weight excluding hydrogens is 338 g/mol. The van der Waals surface area contributed by atoms with Crippen molar-refractivity contribution in [3.8, 4) is 0 Å². The molecule has 6 nitrogen and oxygen atoms in total. The minimum Gasteiger partial charge on any atom is -0.464 e. The highest BCUT2D eigenvalue weighted by Gasteiger charge is 2.27.